The van der Waals surface area contributed by atoms with Crippen molar-refractivity contribution in [1.29, 1.82) is 0 Å². The SMILES string of the molecule is CC(C)(C)O.Cc1ccc2c(-c3ccc(Cl)cc3)c(CC(=O)O)c(C)cc2n1. The van der Waals surface area contributed by atoms with Gasteiger partial charge in [-0.2, -0.15) is 0 Å². The van der Waals surface area contributed by atoms with Crippen molar-refractivity contribution in [3.8, 4) is 11.1 Å². The highest BCUT2D eigenvalue weighted by atomic mass is 35.5. The molecule has 0 spiro atoms. The normalized spacial score (nSPS) is 11.1. The van der Waals surface area contributed by atoms with Crippen LogP contribution in [0.4, 0.5) is 0 Å². The molecule has 1 aromatic heterocycles. The van der Waals surface area contributed by atoms with Crippen LogP contribution in [0.15, 0.2) is 42.5 Å². The minimum absolute atomic E-state index is 0.0202. The molecule has 3 aromatic rings. The summed E-state index contributed by atoms with van der Waals surface area (Å²) in [5.74, 6) is -0.845. The Balaban J connectivity index is 0.000000500. The Bertz CT molecular complexity index is 983. The zero-order valence-corrected chi connectivity index (χ0v) is 17.6. The van der Waals surface area contributed by atoms with Crippen LogP contribution < -0.4 is 0 Å². The molecule has 4 nitrogen and oxygen atoms in total. The lowest BCUT2D eigenvalue weighted by Gasteiger charge is -2.15. The Kier molecular flexibility index (Phi) is 6.81. The molecule has 0 bridgehead atoms. The maximum Gasteiger partial charge on any atom is 0.307 e. The lowest BCUT2D eigenvalue weighted by Crippen LogP contribution is -2.10. The predicted octanol–water partition coefficient (Wildman–Crippen LogP) is 5.58. The number of carboxylic acids is 1. The Hall–Kier alpha value is -2.43. The number of aryl methyl sites for hydroxylation is 2. The summed E-state index contributed by atoms with van der Waals surface area (Å²) in [6, 6.07) is 13.4. The quantitative estimate of drug-likeness (QED) is 0.603. The molecule has 0 atom stereocenters. The number of aliphatic hydroxyl groups is 1. The number of benzene rings is 2. The Labute approximate surface area is 170 Å². The van der Waals surface area contributed by atoms with Crippen LogP contribution in [0.2, 0.25) is 5.02 Å². The molecule has 0 saturated carbocycles. The third kappa shape index (κ3) is 6.04. The Morgan fingerprint density at radius 2 is 1.64 bits per heavy atom. The molecule has 0 amide bonds. The third-order valence-corrected chi connectivity index (χ3v) is 4.18. The van der Waals surface area contributed by atoms with E-state index in [1.807, 2.05) is 56.3 Å². The topological polar surface area (TPSA) is 70.4 Å². The summed E-state index contributed by atoms with van der Waals surface area (Å²) >= 11 is 5.99. The smallest absolute Gasteiger partial charge is 0.307 e. The third-order valence-electron chi connectivity index (χ3n) is 3.93. The first-order chi connectivity index (χ1) is 13.0. The van der Waals surface area contributed by atoms with E-state index in [-0.39, 0.29) is 6.42 Å². The molecule has 148 valence electrons. The fraction of sp³-hybridized carbons (Fsp3) is 0.304. The lowest BCUT2D eigenvalue weighted by molar-refractivity contribution is -0.136. The van der Waals surface area contributed by atoms with Gasteiger partial charge in [-0.15, -0.1) is 0 Å². The number of aliphatic carboxylic acids is 1. The average molecular weight is 400 g/mol. The molecule has 0 saturated heterocycles. The fourth-order valence-corrected chi connectivity index (χ4v) is 3.00. The zero-order chi connectivity index (χ0) is 21.1. The Morgan fingerprint density at radius 1 is 1.07 bits per heavy atom. The second-order valence-electron chi connectivity index (χ2n) is 7.81. The molecule has 0 aliphatic carbocycles. The van der Waals surface area contributed by atoms with E-state index in [2.05, 4.69) is 4.98 Å². The Morgan fingerprint density at radius 3 is 2.18 bits per heavy atom. The van der Waals surface area contributed by atoms with E-state index >= 15 is 0 Å². The van der Waals surface area contributed by atoms with Crippen LogP contribution in [0.1, 0.15) is 37.6 Å². The van der Waals surface area contributed by atoms with Gasteiger partial charge in [0, 0.05) is 16.1 Å². The van der Waals surface area contributed by atoms with Gasteiger partial charge < -0.3 is 10.2 Å². The van der Waals surface area contributed by atoms with Crippen molar-refractivity contribution in [2.24, 2.45) is 0 Å². The first-order valence-electron chi connectivity index (χ1n) is 9.05. The largest absolute Gasteiger partial charge is 0.481 e. The first-order valence-corrected chi connectivity index (χ1v) is 9.43. The van der Waals surface area contributed by atoms with Gasteiger partial charge >= 0.3 is 5.97 Å². The van der Waals surface area contributed by atoms with E-state index in [0.717, 1.165) is 38.9 Å². The molecule has 0 aliphatic rings. The molecule has 0 radical (unpaired) electrons. The molecular weight excluding hydrogens is 374 g/mol. The van der Waals surface area contributed by atoms with Crippen molar-refractivity contribution >= 4 is 28.5 Å². The van der Waals surface area contributed by atoms with Crippen molar-refractivity contribution in [3.05, 3.63) is 64.3 Å². The predicted molar refractivity (Wildman–Crippen MR) is 115 cm³/mol. The number of fused-ring (bicyclic) bond motifs is 1. The van der Waals surface area contributed by atoms with Gasteiger partial charge in [0.1, 0.15) is 0 Å². The molecule has 3 rings (SSSR count). The van der Waals surface area contributed by atoms with Gasteiger partial charge in [0.15, 0.2) is 0 Å². The zero-order valence-electron chi connectivity index (χ0n) is 16.9. The van der Waals surface area contributed by atoms with Crippen molar-refractivity contribution in [2.75, 3.05) is 0 Å². The van der Waals surface area contributed by atoms with E-state index < -0.39 is 11.6 Å². The van der Waals surface area contributed by atoms with Gasteiger partial charge in [-0.05, 0) is 81.1 Å². The summed E-state index contributed by atoms with van der Waals surface area (Å²) in [4.78, 5) is 15.9. The van der Waals surface area contributed by atoms with E-state index in [0.29, 0.717) is 5.02 Å². The molecule has 1 heterocycles. The number of carbonyl (C=O) groups is 1. The summed E-state index contributed by atoms with van der Waals surface area (Å²) < 4.78 is 0. The number of carboxylic acid groups (broad SMARTS) is 1. The lowest BCUT2D eigenvalue weighted by atomic mass is 9.90. The molecule has 2 N–H and O–H groups in total. The van der Waals surface area contributed by atoms with Crippen molar-refractivity contribution in [1.82, 2.24) is 4.98 Å². The molecule has 28 heavy (non-hydrogen) atoms. The van der Waals surface area contributed by atoms with Crippen LogP contribution in [0.3, 0.4) is 0 Å². The van der Waals surface area contributed by atoms with Crippen molar-refractivity contribution < 1.29 is 15.0 Å². The van der Waals surface area contributed by atoms with E-state index in [9.17, 15) is 9.90 Å². The summed E-state index contributed by atoms with van der Waals surface area (Å²) in [7, 11) is 0. The molecule has 5 heteroatoms. The molecule has 2 aromatic carbocycles. The number of pyridine rings is 1. The fourth-order valence-electron chi connectivity index (χ4n) is 2.88. The van der Waals surface area contributed by atoms with Crippen LogP contribution in [0.5, 0.6) is 0 Å². The van der Waals surface area contributed by atoms with Crippen LogP contribution >= 0.6 is 11.6 Å². The summed E-state index contributed by atoms with van der Waals surface area (Å²) in [5.41, 5.74) is 4.93. The van der Waals surface area contributed by atoms with Crippen LogP contribution in [0, 0.1) is 13.8 Å². The second-order valence-corrected chi connectivity index (χ2v) is 8.25. The number of rotatable bonds is 3. The van der Waals surface area contributed by atoms with Crippen LogP contribution in [-0.4, -0.2) is 26.8 Å². The molecule has 0 aliphatic heterocycles. The van der Waals surface area contributed by atoms with Gasteiger partial charge in [0.25, 0.3) is 0 Å². The highest BCUT2D eigenvalue weighted by Crippen LogP contribution is 2.35. The summed E-state index contributed by atoms with van der Waals surface area (Å²) in [5, 5.41) is 19.4. The van der Waals surface area contributed by atoms with Gasteiger partial charge in [-0.1, -0.05) is 29.8 Å². The monoisotopic (exact) mass is 399 g/mol. The number of hydrogen-bond acceptors (Lipinski definition) is 3. The minimum atomic E-state index is -0.845. The van der Waals surface area contributed by atoms with Gasteiger partial charge in [-0.3, -0.25) is 9.78 Å². The van der Waals surface area contributed by atoms with Crippen molar-refractivity contribution in [2.45, 2.75) is 46.6 Å². The molecule has 0 unspecified atom stereocenters. The second kappa shape index (κ2) is 8.72. The number of halogens is 1. The number of nitrogens with zero attached hydrogens (tertiary/aromatic N) is 1. The standard InChI is InChI=1S/C19H16ClNO2.C4H10O/c1-11-9-17-15(8-3-12(2)21-17)19(16(11)10-18(22)23)13-4-6-14(20)7-5-13;1-4(2,3)5/h3-9H,10H2,1-2H3,(H,22,23);5H,1-3H3. The summed E-state index contributed by atoms with van der Waals surface area (Å²) in [6.45, 7) is 9.11. The maximum atomic E-state index is 11.3. The number of hydrogen-bond donors (Lipinski definition) is 2. The highest BCUT2D eigenvalue weighted by Gasteiger charge is 2.16. The van der Waals surface area contributed by atoms with Gasteiger partial charge in [-0.25, -0.2) is 0 Å². The van der Waals surface area contributed by atoms with Gasteiger partial charge in [0.05, 0.1) is 17.5 Å². The van der Waals surface area contributed by atoms with Crippen LogP contribution in [-0.2, 0) is 11.2 Å². The average Bonchev–Trinajstić information content (AvgIpc) is 2.55. The van der Waals surface area contributed by atoms with E-state index in [1.54, 1.807) is 20.8 Å². The van der Waals surface area contributed by atoms with E-state index in [1.165, 1.54) is 0 Å². The summed E-state index contributed by atoms with van der Waals surface area (Å²) in [6.07, 6.45) is -0.0202. The van der Waals surface area contributed by atoms with Crippen molar-refractivity contribution in [3.63, 3.8) is 0 Å². The number of aromatic nitrogens is 1. The molecular formula is C23H26ClNO3. The highest BCUT2D eigenvalue weighted by molar-refractivity contribution is 6.30. The molecule has 0 fully saturated rings. The van der Waals surface area contributed by atoms with Crippen LogP contribution in [0.25, 0.3) is 22.0 Å². The first kappa shape index (κ1) is 21.9. The maximum absolute atomic E-state index is 11.3. The van der Waals surface area contributed by atoms with E-state index in [4.69, 9.17) is 16.7 Å². The minimum Gasteiger partial charge on any atom is -0.481 e. The van der Waals surface area contributed by atoms with Gasteiger partial charge in [0.2, 0.25) is 0 Å².